The van der Waals surface area contributed by atoms with Crippen molar-refractivity contribution in [2.45, 2.75) is 26.2 Å². The van der Waals surface area contributed by atoms with Crippen molar-refractivity contribution >= 4 is 11.5 Å². The molecule has 0 fully saturated rings. The maximum absolute atomic E-state index is 12.8. The van der Waals surface area contributed by atoms with E-state index in [1.807, 2.05) is 48.2 Å². The van der Waals surface area contributed by atoms with Gasteiger partial charge < -0.3 is 23.5 Å². The number of hydrogen-bond donors (Lipinski definition) is 0. The average Bonchev–Trinajstić information content (AvgIpc) is 3.36. The van der Waals surface area contributed by atoms with E-state index >= 15 is 0 Å². The lowest BCUT2D eigenvalue weighted by Gasteiger charge is -2.28. The van der Waals surface area contributed by atoms with Gasteiger partial charge in [0.05, 0.1) is 26.9 Å². The lowest BCUT2D eigenvalue weighted by Crippen LogP contribution is -2.34. The molecule has 0 N–H and O–H groups in total. The first kappa shape index (κ1) is 23.4. The zero-order valence-electron chi connectivity index (χ0n) is 20.0. The van der Waals surface area contributed by atoms with Crippen molar-refractivity contribution in [3.05, 3.63) is 59.5 Å². The second kappa shape index (κ2) is 10.4. The molecule has 0 atom stereocenters. The van der Waals surface area contributed by atoms with E-state index in [0.29, 0.717) is 61.4 Å². The topological polar surface area (TPSA) is 86.9 Å². The highest BCUT2D eigenvalue weighted by atomic mass is 16.5. The highest BCUT2D eigenvalue weighted by molar-refractivity contribution is 5.81. The van der Waals surface area contributed by atoms with Crippen LogP contribution in [0.2, 0.25) is 0 Å². The maximum atomic E-state index is 12.8. The SMILES string of the molecule is COc1cc(OC)c(C2=CCN(C(=O)CCc3nnc(-c4ccc(C)cc4)o3)CC2)c(OC)c1. The lowest BCUT2D eigenvalue weighted by molar-refractivity contribution is -0.130. The first-order chi connectivity index (χ1) is 16.5. The number of rotatable bonds is 8. The summed E-state index contributed by atoms with van der Waals surface area (Å²) in [5, 5.41) is 8.21. The Labute approximate surface area is 199 Å². The van der Waals surface area contributed by atoms with Crippen LogP contribution >= 0.6 is 0 Å². The molecule has 2 aromatic carbocycles. The number of benzene rings is 2. The van der Waals surface area contributed by atoms with E-state index in [2.05, 4.69) is 16.3 Å². The number of carbonyl (C=O) groups excluding carboxylic acids is 1. The van der Waals surface area contributed by atoms with Gasteiger partial charge in [0.1, 0.15) is 17.2 Å². The van der Waals surface area contributed by atoms with E-state index in [9.17, 15) is 4.79 Å². The number of carbonyl (C=O) groups is 1. The zero-order chi connectivity index (χ0) is 24.1. The Morgan fingerprint density at radius 3 is 2.32 bits per heavy atom. The van der Waals surface area contributed by atoms with Crippen LogP contribution in [0.15, 0.2) is 46.9 Å². The van der Waals surface area contributed by atoms with Gasteiger partial charge in [-0.3, -0.25) is 4.79 Å². The van der Waals surface area contributed by atoms with Gasteiger partial charge in [0.2, 0.25) is 17.7 Å². The van der Waals surface area contributed by atoms with Crippen LogP contribution in [0.3, 0.4) is 0 Å². The largest absolute Gasteiger partial charge is 0.496 e. The Bertz CT molecular complexity index is 1160. The molecule has 34 heavy (non-hydrogen) atoms. The summed E-state index contributed by atoms with van der Waals surface area (Å²) in [6.07, 6.45) is 3.47. The maximum Gasteiger partial charge on any atom is 0.247 e. The van der Waals surface area contributed by atoms with E-state index in [0.717, 1.165) is 22.3 Å². The third-order valence-corrected chi connectivity index (χ3v) is 5.92. The fourth-order valence-corrected chi connectivity index (χ4v) is 3.98. The molecule has 0 spiro atoms. The Hall–Kier alpha value is -3.81. The number of hydrogen-bond acceptors (Lipinski definition) is 7. The number of methoxy groups -OCH3 is 3. The van der Waals surface area contributed by atoms with Gasteiger partial charge >= 0.3 is 0 Å². The standard InChI is InChI=1S/C26H29N3O5/c1-17-5-7-19(8-6-17)26-28-27-23(34-26)9-10-24(30)29-13-11-18(12-14-29)25-21(32-3)15-20(31-2)16-22(25)33-4/h5-8,11,15-16H,9-10,12-14H2,1-4H3. The number of aromatic nitrogens is 2. The molecule has 1 aliphatic rings. The van der Waals surface area contributed by atoms with Crippen LogP contribution in [0.5, 0.6) is 17.2 Å². The van der Waals surface area contributed by atoms with Crippen molar-refractivity contribution in [3.8, 4) is 28.7 Å². The lowest BCUT2D eigenvalue weighted by atomic mass is 9.97. The van der Waals surface area contributed by atoms with Crippen molar-refractivity contribution in [2.24, 2.45) is 0 Å². The van der Waals surface area contributed by atoms with Gasteiger partial charge in [0.15, 0.2) is 0 Å². The minimum Gasteiger partial charge on any atom is -0.496 e. The Morgan fingerprint density at radius 2 is 1.74 bits per heavy atom. The molecule has 1 aromatic heterocycles. The van der Waals surface area contributed by atoms with Gasteiger partial charge in [-0.1, -0.05) is 23.8 Å². The summed E-state index contributed by atoms with van der Waals surface area (Å²) >= 11 is 0. The quantitative estimate of drug-likeness (QED) is 0.492. The minimum atomic E-state index is 0.0547. The predicted molar refractivity (Wildman–Crippen MR) is 128 cm³/mol. The molecule has 0 saturated carbocycles. The normalized spacial score (nSPS) is 13.4. The summed E-state index contributed by atoms with van der Waals surface area (Å²) in [5.41, 5.74) is 4.01. The fraction of sp³-hybridized carbons (Fsp3) is 0.346. The van der Waals surface area contributed by atoms with Crippen LogP contribution < -0.4 is 14.2 Å². The zero-order valence-corrected chi connectivity index (χ0v) is 20.0. The molecule has 2 heterocycles. The number of ether oxygens (including phenoxy) is 3. The predicted octanol–water partition coefficient (Wildman–Crippen LogP) is 4.32. The number of aryl methyl sites for hydroxylation is 2. The second-order valence-corrected chi connectivity index (χ2v) is 8.09. The van der Waals surface area contributed by atoms with Gasteiger partial charge in [-0.2, -0.15) is 0 Å². The Balaban J connectivity index is 1.39. The monoisotopic (exact) mass is 463 g/mol. The average molecular weight is 464 g/mol. The third-order valence-electron chi connectivity index (χ3n) is 5.92. The summed E-state index contributed by atoms with van der Waals surface area (Å²) in [4.78, 5) is 14.6. The fourth-order valence-electron chi connectivity index (χ4n) is 3.98. The van der Waals surface area contributed by atoms with E-state index in [-0.39, 0.29) is 5.91 Å². The van der Waals surface area contributed by atoms with E-state index in [4.69, 9.17) is 18.6 Å². The van der Waals surface area contributed by atoms with Gasteiger partial charge in [-0.25, -0.2) is 0 Å². The van der Waals surface area contributed by atoms with Crippen molar-refractivity contribution in [3.63, 3.8) is 0 Å². The number of amides is 1. The van der Waals surface area contributed by atoms with Crippen molar-refractivity contribution < 1.29 is 23.4 Å². The van der Waals surface area contributed by atoms with Crippen molar-refractivity contribution in [1.29, 1.82) is 0 Å². The molecule has 1 aliphatic heterocycles. The summed E-state index contributed by atoms with van der Waals surface area (Å²) in [6, 6.07) is 11.6. The number of nitrogens with zero attached hydrogens (tertiary/aromatic N) is 3. The van der Waals surface area contributed by atoms with Crippen LogP contribution in [-0.2, 0) is 11.2 Å². The van der Waals surface area contributed by atoms with Crippen LogP contribution in [0.25, 0.3) is 17.0 Å². The first-order valence-electron chi connectivity index (χ1n) is 11.2. The molecule has 0 radical (unpaired) electrons. The summed E-state index contributed by atoms with van der Waals surface area (Å²) in [5.74, 6) is 3.02. The molecule has 0 unspecified atom stereocenters. The molecular weight excluding hydrogens is 434 g/mol. The van der Waals surface area contributed by atoms with E-state index in [1.54, 1.807) is 21.3 Å². The molecule has 8 heteroatoms. The van der Waals surface area contributed by atoms with Gasteiger partial charge in [0.25, 0.3) is 0 Å². The molecule has 1 amide bonds. The molecule has 178 valence electrons. The van der Waals surface area contributed by atoms with Crippen LogP contribution in [0, 0.1) is 6.92 Å². The molecule has 8 nitrogen and oxygen atoms in total. The Morgan fingerprint density at radius 1 is 1.03 bits per heavy atom. The third kappa shape index (κ3) is 5.06. The van der Waals surface area contributed by atoms with E-state index < -0.39 is 0 Å². The highest BCUT2D eigenvalue weighted by Crippen LogP contribution is 2.40. The molecule has 3 aromatic rings. The molecule has 0 saturated heterocycles. The van der Waals surface area contributed by atoms with Gasteiger partial charge in [-0.05, 0) is 31.1 Å². The van der Waals surface area contributed by atoms with E-state index in [1.165, 1.54) is 0 Å². The highest BCUT2D eigenvalue weighted by Gasteiger charge is 2.23. The second-order valence-electron chi connectivity index (χ2n) is 8.09. The van der Waals surface area contributed by atoms with Crippen LogP contribution in [0.1, 0.15) is 29.9 Å². The summed E-state index contributed by atoms with van der Waals surface area (Å²) in [7, 11) is 4.85. The smallest absolute Gasteiger partial charge is 0.247 e. The van der Waals surface area contributed by atoms with Gasteiger partial charge in [0, 0.05) is 43.6 Å². The summed E-state index contributed by atoms with van der Waals surface area (Å²) in [6.45, 7) is 3.16. The van der Waals surface area contributed by atoms with Crippen molar-refractivity contribution in [2.75, 3.05) is 34.4 Å². The summed E-state index contributed by atoms with van der Waals surface area (Å²) < 4.78 is 22.2. The first-order valence-corrected chi connectivity index (χ1v) is 11.2. The van der Waals surface area contributed by atoms with Gasteiger partial charge in [-0.15, -0.1) is 10.2 Å². The molecule has 4 rings (SSSR count). The minimum absolute atomic E-state index is 0.0547. The van der Waals surface area contributed by atoms with Crippen LogP contribution in [0.4, 0.5) is 0 Å². The molecule has 0 aliphatic carbocycles. The van der Waals surface area contributed by atoms with Crippen LogP contribution in [-0.4, -0.2) is 55.4 Å². The van der Waals surface area contributed by atoms with Crippen molar-refractivity contribution in [1.82, 2.24) is 15.1 Å². The molecule has 0 bridgehead atoms. The molecular formula is C26H29N3O5. The Kier molecular flexibility index (Phi) is 7.15.